The third-order valence-electron chi connectivity index (χ3n) is 16.2. The molecule has 0 aromatic heterocycles. The normalized spacial score (nSPS) is 13.0. The predicted octanol–water partition coefficient (Wildman–Crippen LogP) is 19.6. The first-order chi connectivity index (χ1) is 37.3. The van der Waals surface area contributed by atoms with Gasteiger partial charge in [-0.2, -0.15) is 5.26 Å². The number of fused-ring (bicyclic) bond motifs is 13. The molecule has 1 spiro atoms. The highest BCUT2D eigenvalue weighted by molar-refractivity contribution is 6.23. The van der Waals surface area contributed by atoms with E-state index in [1.165, 1.54) is 105 Å². The molecule has 0 heterocycles. The van der Waals surface area contributed by atoms with E-state index in [9.17, 15) is 5.26 Å². The van der Waals surface area contributed by atoms with Gasteiger partial charge in [-0.3, -0.25) is 0 Å². The lowest BCUT2D eigenvalue weighted by Crippen LogP contribution is -2.26. The second kappa shape index (κ2) is 17.6. The van der Waals surface area contributed by atoms with Crippen molar-refractivity contribution in [2.75, 3.05) is 4.90 Å². The Labute approximate surface area is 444 Å². The van der Waals surface area contributed by atoms with Gasteiger partial charge in [0.05, 0.1) is 17.0 Å². The van der Waals surface area contributed by atoms with Crippen LogP contribution in [0.3, 0.4) is 0 Å². The van der Waals surface area contributed by atoms with Gasteiger partial charge >= 0.3 is 0 Å². The van der Waals surface area contributed by atoms with E-state index in [-0.39, 0.29) is 5.41 Å². The average molecular weight is 969 g/mol. The first-order valence-corrected chi connectivity index (χ1v) is 26.4. The zero-order valence-corrected chi connectivity index (χ0v) is 42.7. The molecular formula is C74H52N2. The van der Waals surface area contributed by atoms with E-state index in [0.29, 0.717) is 5.56 Å². The van der Waals surface area contributed by atoms with E-state index in [1.807, 2.05) is 24.3 Å². The smallest absolute Gasteiger partial charge is 0.0991 e. The van der Waals surface area contributed by atoms with Crippen LogP contribution in [0.2, 0.25) is 0 Å². The van der Waals surface area contributed by atoms with Gasteiger partial charge in [-0.15, -0.1) is 0 Å². The highest BCUT2D eigenvalue weighted by Gasteiger charge is 2.52. The van der Waals surface area contributed by atoms with Crippen molar-refractivity contribution in [3.05, 3.63) is 293 Å². The third kappa shape index (κ3) is 6.93. The summed E-state index contributed by atoms with van der Waals surface area (Å²) < 4.78 is 0. The molecule has 0 saturated heterocycles. The van der Waals surface area contributed by atoms with Crippen LogP contribution in [0.25, 0.3) is 89.0 Å². The van der Waals surface area contributed by atoms with Crippen LogP contribution in [-0.2, 0) is 10.8 Å². The second-order valence-corrected chi connectivity index (χ2v) is 21.5. The summed E-state index contributed by atoms with van der Waals surface area (Å²) in [6.07, 6.45) is 4.54. The Hall–Kier alpha value is -9.55. The first-order valence-electron chi connectivity index (χ1n) is 26.4. The molecule has 2 aliphatic rings. The van der Waals surface area contributed by atoms with Gasteiger partial charge in [0.25, 0.3) is 0 Å². The van der Waals surface area contributed by atoms with Crippen molar-refractivity contribution >= 4 is 61.5 Å². The SMILES string of the molecule is CC(C)(C)c1ccc(-c2c3ccccc3c(-c3ccc(C=Cc4ccc5c(c4)C4(c6ccccc6-c6ccccc64)c4cc(N(c6ccccc6)c6ccc(C#N)cc6)ccc4-5)cc3)c3ccccc23)c2ccccc12. The fraction of sp³-hybridized carbons (Fsp3) is 0.0676. The minimum Gasteiger partial charge on any atom is -0.310 e. The summed E-state index contributed by atoms with van der Waals surface area (Å²) in [5.41, 5.74) is 22.1. The van der Waals surface area contributed by atoms with Gasteiger partial charge in [-0.25, -0.2) is 0 Å². The lowest BCUT2D eigenvalue weighted by Gasteiger charge is -2.32. The zero-order chi connectivity index (χ0) is 51.1. The number of benzene rings is 12. The molecule has 0 amide bonds. The van der Waals surface area contributed by atoms with Crippen molar-refractivity contribution in [3.63, 3.8) is 0 Å². The van der Waals surface area contributed by atoms with Crippen molar-refractivity contribution in [2.45, 2.75) is 31.6 Å². The van der Waals surface area contributed by atoms with Crippen LogP contribution in [0.4, 0.5) is 17.1 Å². The molecule has 0 radical (unpaired) electrons. The maximum atomic E-state index is 9.70. The van der Waals surface area contributed by atoms with E-state index in [0.717, 1.165) is 28.2 Å². The maximum Gasteiger partial charge on any atom is 0.0991 e. The van der Waals surface area contributed by atoms with Crippen molar-refractivity contribution in [3.8, 4) is 50.6 Å². The summed E-state index contributed by atoms with van der Waals surface area (Å²) in [6.45, 7) is 6.92. The van der Waals surface area contributed by atoms with Crippen LogP contribution >= 0.6 is 0 Å². The van der Waals surface area contributed by atoms with E-state index < -0.39 is 5.41 Å². The Balaban J connectivity index is 0.867. The molecule has 12 aromatic rings. The Morgan fingerprint density at radius 2 is 0.829 bits per heavy atom. The molecule has 2 nitrogen and oxygen atoms in total. The van der Waals surface area contributed by atoms with E-state index >= 15 is 0 Å². The Kier molecular flexibility index (Phi) is 10.4. The highest BCUT2D eigenvalue weighted by Crippen LogP contribution is 2.63. The molecule has 0 bridgehead atoms. The first kappa shape index (κ1) is 45.1. The summed E-state index contributed by atoms with van der Waals surface area (Å²) in [6, 6.07) is 93.5. The molecule has 0 aliphatic heterocycles. The monoisotopic (exact) mass is 968 g/mol. The van der Waals surface area contributed by atoms with Crippen LogP contribution in [0.5, 0.6) is 0 Å². The lowest BCUT2D eigenvalue weighted by molar-refractivity contribution is 0.596. The standard InChI is InChI=1S/C74H52N2/c1-73(2,3)66-44-43-65(55-19-7-8-20-56(55)66)72-63-25-11-9-23-61(63)71(62-24-10-12-26-64(62)72)51-36-31-48(32-37-51)29-30-49-35-41-59-60-42-40-54(76(52-17-5-4-6-18-52)53-38-33-50(47-75)34-39-53)46-70(60)74(69(59)45-49)67-27-15-13-21-57(67)58-22-14-16-28-68(58)74/h4-46H,1-3H3. The van der Waals surface area contributed by atoms with Gasteiger partial charge in [-0.05, 0) is 176 Å². The van der Waals surface area contributed by atoms with Gasteiger partial charge in [0, 0.05) is 17.1 Å². The van der Waals surface area contributed by atoms with Crippen molar-refractivity contribution < 1.29 is 0 Å². The van der Waals surface area contributed by atoms with Crippen LogP contribution in [0.1, 0.15) is 65.3 Å². The van der Waals surface area contributed by atoms with Crippen molar-refractivity contribution in [2.24, 2.45) is 0 Å². The number of para-hydroxylation sites is 1. The Morgan fingerprint density at radius 1 is 0.368 bits per heavy atom. The minimum absolute atomic E-state index is 0.0208. The third-order valence-corrected chi connectivity index (χ3v) is 16.2. The van der Waals surface area contributed by atoms with Gasteiger partial charge < -0.3 is 4.90 Å². The molecule has 2 aliphatic carbocycles. The fourth-order valence-corrected chi connectivity index (χ4v) is 13.0. The summed E-state index contributed by atoms with van der Waals surface area (Å²) in [5.74, 6) is 0. The molecule has 2 heteroatoms. The van der Waals surface area contributed by atoms with Gasteiger partial charge in [-0.1, -0.05) is 227 Å². The Morgan fingerprint density at radius 3 is 1.45 bits per heavy atom. The van der Waals surface area contributed by atoms with Crippen molar-refractivity contribution in [1.82, 2.24) is 0 Å². The number of nitrogens with zero attached hydrogens (tertiary/aromatic N) is 2. The van der Waals surface area contributed by atoms with Crippen molar-refractivity contribution in [1.29, 1.82) is 5.26 Å². The maximum absolute atomic E-state index is 9.70. The summed E-state index contributed by atoms with van der Waals surface area (Å²) in [5, 5.41) is 17.3. The number of nitriles is 1. The van der Waals surface area contributed by atoms with Crippen LogP contribution in [0, 0.1) is 11.3 Å². The number of hydrogen-bond donors (Lipinski definition) is 0. The molecule has 0 atom stereocenters. The number of hydrogen-bond acceptors (Lipinski definition) is 2. The summed E-state index contributed by atoms with van der Waals surface area (Å²) in [4.78, 5) is 2.30. The topological polar surface area (TPSA) is 27.0 Å². The molecule has 0 unspecified atom stereocenters. The van der Waals surface area contributed by atoms with E-state index in [4.69, 9.17) is 0 Å². The molecule has 12 aromatic carbocycles. The van der Waals surface area contributed by atoms with Crippen LogP contribution in [0.15, 0.2) is 249 Å². The molecule has 358 valence electrons. The molecule has 0 N–H and O–H groups in total. The fourth-order valence-electron chi connectivity index (χ4n) is 13.0. The molecular weight excluding hydrogens is 917 g/mol. The predicted molar refractivity (Wildman–Crippen MR) is 320 cm³/mol. The summed E-state index contributed by atoms with van der Waals surface area (Å²) in [7, 11) is 0. The van der Waals surface area contributed by atoms with Crippen LogP contribution in [-0.4, -0.2) is 0 Å². The zero-order valence-electron chi connectivity index (χ0n) is 42.7. The highest BCUT2D eigenvalue weighted by atomic mass is 15.1. The Bertz CT molecular complexity index is 4270. The molecule has 0 fully saturated rings. The number of rotatable bonds is 7. The average Bonchev–Trinajstić information content (AvgIpc) is 4.02. The van der Waals surface area contributed by atoms with Crippen LogP contribution < -0.4 is 4.90 Å². The molecule has 14 rings (SSSR count). The van der Waals surface area contributed by atoms with E-state index in [2.05, 4.69) is 268 Å². The molecule has 0 saturated carbocycles. The second-order valence-electron chi connectivity index (χ2n) is 21.5. The quantitative estimate of drug-likeness (QED) is 0.118. The van der Waals surface area contributed by atoms with E-state index in [1.54, 1.807) is 0 Å². The lowest BCUT2D eigenvalue weighted by atomic mass is 9.70. The molecule has 76 heavy (non-hydrogen) atoms. The van der Waals surface area contributed by atoms with Gasteiger partial charge in [0.2, 0.25) is 0 Å². The largest absolute Gasteiger partial charge is 0.310 e. The minimum atomic E-state index is -0.545. The summed E-state index contributed by atoms with van der Waals surface area (Å²) >= 11 is 0. The number of anilines is 3. The van der Waals surface area contributed by atoms with Gasteiger partial charge in [0.1, 0.15) is 0 Å². The van der Waals surface area contributed by atoms with Gasteiger partial charge in [0.15, 0.2) is 0 Å².